The van der Waals surface area contributed by atoms with Crippen LogP contribution in [0.3, 0.4) is 0 Å². The van der Waals surface area contributed by atoms with Crippen molar-refractivity contribution in [2.75, 3.05) is 62.7 Å². The summed E-state index contributed by atoms with van der Waals surface area (Å²) in [7, 11) is 2.11. The highest BCUT2D eigenvalue weighted by atomic mass is 32.1. The van der Waals surface area contributed by atoms with Crippen molar-refractivity contribution >= 4 is 39.0 Å². The van der Waals surface area contributed by atoms with Crippen molar-refractivity contribution < 1.29 is 18.0 Å². The molecule has 2 aromatic heterocycles. The number of aromatic amines is 1. The smallest absolute Gasteiger partial charge is 0.369 e. The molecule has 0 radical (unpaired) electrons. The van der Waals surface area contributed by atoms with Gasteiger partial charge in [0.25, 0.3) is 0 Å². The monoisotopic (exact) mass is 583 g/mol. The molecule has 2 aliphatic heterocycles. The highest BCUT2D eigenvalue weighted by Crippen LogP contribution is 2.42. The number of benzene rings is 2. The highest BCUT2D eigenvalue weighted by molar-refractivity contribution is 7.16. The van der Waals surface area contributed by atoms with Gasteiger partial charge in [-0.2, -0.15) is 13.2 Å². The van der Waals surface area contributed by atoms with E-state index < -0.39 is 11.2 Å². The first-order valence-corrected chi connectivity index (χ1v) is 14.6. The third-order valence-electron chi connectivity index (χ3n) is 7.88. The van der Waals surface area contributed by atoms with Gasteiger partial charge in [0, 0.05) is 57.5 Å². The molecule has 2 fully saturated rings. The number of likely N-dealkylation sites (N-methyl/N-ethyl adjacent to an activating group) is 1. The largest absolute Gasteiger partial charge is 0.443 e. The van der Waals surface area contributed by atoms with Crippen LogP contribution in [0.4, 0.5) is 23.9 Å². The van der Waals surface area contributed by atoms with E-state index in [-0.39, 0.29) is 24.1 Å². The van der Waals surface area contributed by atoms with E-state index in [1.807, 2.05) is 53.1 Å². The molecule has 41 heavy (non-hydrogen) atoms. The number of amides is 1. The molecule has 1 atom stereocenters. The standard InChI is InChI=1S/C29H32F3N7OS/c1-19-18-38(27-25(35-28(41-27)29(30,31)32)26-33-21-8-4-5-9-22(21)34-26)15-16-39(19)24(40)17-20-7-3-6-10-23(20)37-13-11-36(2)12-14-37/h3-10,19H,11-18H2,1-2H3,(H,33,34)/t19-/m1/s1. The zero-order chi connectivity index (χ0) is 28.7. The van der Waals surface area contributed by atoms with Crippen LogP contribution in [-0.4, -0.2) is 89.6 Å². The fourth-order valence-corrected chi connectivity index (χ4v) is 6.63. The van der Waals surface area contributed by atoms with Gasteiger partial charge >= 0.3 is 6.18 Å². The van der Waals surface area contributed by atoms with Crippen molar-refractivity contribution in [2.45, 2.75) is 25.6 Å². The molecule has 0 saturated carbocycles. The van der Waals surface area contributed by atoms with E-state index in [1.165, 1.54) is 0 Å². The second-order valence-corrected chi connectivity index (χ2v) is 11.7. The molecular formula is C29H32F3N7OS. The predicted molar refractivity (Wildman–Crippen MR) is 155 cm³/mol. The number of carbonyl (C=O) groups is 1. The number of para-hydroxylation sites is 3. The second-order valence-electron chi connectivity index (χ2n) is 10.8. The van der Waals surface area contributed by atoms with E-state index >= 15 is 0 Å². The summed E-state index contributed by atoms with van der Waals surface area (Å²) in [6.45, 7) is 6.95. The molecule has 0 spiro atoms. The van der Waals surface area contributed by atoms with Gasteiger partial charge in [-0.05, 0) is 37.7 Å². The van der Waals surface area contributed by atoms with Gasteiger partial charge in [0.05, 0.1) is 17.5 Å². The summed E-state index contributed by atoms with van der Waals surface area (Å²) in [4.78, 5) is 33.6. The van der Waals surface area contributed by atoms with Crippen LogP contribution < -0.4 is 9.80 Å². The van der Waals surface area contributed by atoms with Crippen LogP contribution in [0.15, 0.2) is 48.5 Å². The Morgan fingerprint density at radius 2 is 1.68 bits per heavy atom. The summed E-state index contributed by atoms with van der Waals surface area (Å²) in [5.41, 5.74) is 3.68. The molecule has 1 amide bonds. The van der Waals surface area contributed by atoms with Crippen LogP contribution in [-0.2, 0) is 17.4 Å². The van der Waals surface area contributed by atoms with Crippen molar-refractivity contribution in [1.29, 1.82) is 0 Å². The summed E-state index contributed by atoms with van der Waals surface area (Å²) >= 11 is 0.627. The maximum Gasteiger partial charge on any atom is 0.443 e. The Morgan fingerprint density at radius 1 is 0.976 bits per heavy atom. The van der Waals surface area contributed by atoms with Crippen LogP contribution >= 0.6 is 11.3 Å². The van der Waals surface area contributed by atoms with E-state index in [9.17, 15) is 18.0 Å². The van der Waals surface area contributed by atoms with Crippen LogP contribution in [0.1, 0.15) is 17.5 Å². The maximum atomic E-state index is 13.7. The fourth-order valence-electron chi connectivity index (χ4n) is 5.66. The minimum atomic E-state index is -4.57. The molecule has 4 heterocycles. The number of hydrogen-bond acceptors (Lipinski definition) is 7. The van der Waals surface area contributed by atoms with E-state index in [1.54, 1.807) is 6.07 Å². The van der Waals surface area contributed by atoms with Gasteiger partial charge in [-0.15, -0.1) is 0 Å². The lowest BCUT2D eigenvalue weighted by Gasteiger charge is -2.41. The van der Waals surface area contributed by atoms with Gasteiger partial charge in [0.15, 0.2) is 5.82 Å². The van der Waals surface area contributed by atoms with Crippen molar-refractivity contribution in [3.8, 4) is 11.5 Å². The quantitative estimate of drug-likeness (QED) is 0.366. The summed E-state index contributed by atoms with van der Waals surface area (Å²) in [5.74, 6) is 0.330. The number of nitrogens with zero attached hydrogens (tertiary/aromatic N) is 6. The number of aromatic nitrogens is 3. The zero-order valence-corrected chi connectivity index (χ0v) is 23.8. The number of alkyl halides is 3. The Labute approximate surface area is 240 Å². The first-order valence-electron chi connectivity index (χ1n) is 13.8. The number of hydrogen-bond donors (Lipinski definition) is 1. The number of imidazole rings is 1. The van der Waals surface area contributed by atoms with Crippen LogP contribution in [0, 0.1) is 0 Å². The number of piperazine rings is 2. The number of carbonyl (C=O) groups excluding carboxylic acids is 1. The second kappa shape index (κ2) is 11.0. The molecule has 2 aromatic carbocycles. The van der Waals surface area contributed by atoms with Crippen molar-refractivity contribution in [3.63, 3.8) is 0 Å². The number of anilines is 2. The Hall–Kier alpha value is -3.64. The molecule has 6 rings (SSSR count). The molecule has 8 nitrogen and oxygen atoms in total. The lowest BCUT2D eigenvalue weighted by Crippen LogP contribution is -2.54. The van der Waals surface area contributed by atoms with Gasteiger partial charge in [-0.3, -0.25) is 4.79 Å². The lowest BCUT2D eigenvalue weighted by molar-refractivity contribution is -0.137. The van der Waals surface area contributed by atoms with Gasteiger partial charge in [0.1, 0.15) is 10.7 Å². The summed E-state index contributed by atoms with van der Waals surface area (Å²) in [6.07, 6.45) is -4.28. The number of H-pyrrole nitrogens is 1. The van der Waals surface area contributed by atoms with Crippen molar-refractivity contribution in [2.24, 2.45) is 0 Å². The Morgan fingerprint density at radius 3 is 2.41 bits per heavy atom. The number of nitrogens with one attached hydrogen (secondary N) is 1. The van der Waals surface area contributed by atoms with Crippen molar-refractivity contribution in [1.82, 2.24) is 24.8 Å². The van der Waals surface area contributed by atoms with Gasteiger partial charge in [-0.1, -0.05) is 41.7 Å². The average Bonchev–Trinajstić information content (AvgIpc) is 3.59. The van der Waals surface area contributed by atoms with Crippen LogP contribution in [0.2, 0.25) is 0 Å². The zero-order valence-electron chi connectivity index (χ0n) is 23.0. The summed E-state index contributed by atoms with van der Waals surface area (Å²) < 4.78 is 41.2. The van der Waals surface area contributed by atoms with Crippen LogP contribution in [0.5, 0.6) is 0 Å². The number of rotatable bonds is 5. The van der Waals surface area contributed by atoms with Gasteiger partial charge < -0.3 is 24.6 Å². The molecule has 0 aliphatic carbocycles. The molecule has 12 heteroatoms. The molecule has 4 aromatic rings. The molecule has 2 aliphatic rings. The minimum Gasteiger partial charge on any atom is -0.369 e. The Kier molecular flexibility index (Phi) is 7.37. The Balaban J connectivity index is 1.20. The van der Waals surface area contributed by atoms with E-state index in [4.69, 9.17) is 0 Å². The minimum absolute atomic E-state index is 0.0246. The number of halogens is 3. The third kappa shape index (κ3) is 5.62. The molecule has 216 valence electrons. The van der Waals surface area contributed by atoms with Gasteiger partial charge in [0.2, 0.25) is 10.9 Å². The first kappa shape index (κ1) is 27.5. The first-order chi connectivity index (χ1) is 19.7. The number of thiazole rings is 1. The van der Waals surface area contributed by atoms with Crippen molar-refractivity contribution in [3.05, 3.63) is 59.1 Å². The molecule has 2 saturated heterocycles. The topological polar surface area (TPSA) is 71.6 Å². The molecule has 0 unspecified atom stereocenters. The molecule has 1 N–H and O–H groups in total. The molecular weight excluding hydrogens is 551 g/mol. The summed E-state index contributed by atoms with van der Waals surface area (Å²) in [5, 5.41) is -0.495. The normalized spacial score (nSPS) is 18.9. The SMILES string of the molecule is C[C@@H]1CN(c2sc(C(F)(F)F)nc2-c2nc3ccccc3[nH]2)CCN1C(=O)Cc1ccccc1N1CCN(C)CC1. The lowest BCUT2D eigenvalue weighted by atomic mass is 10.1. The average molecular weight is 584 g/mol. The van der Waals surface area contributed by atoms with Crippen LogP contribution in [0.25, 0.3) is 22.6 Å². The third-order valence-corrected chi connectivity index (χ3v) is 9.04. The number of fused-ring (bicyclic) bond motifs is 1. The van der Waals surface area contributed by atoms with E-state index in [0.717, 1.165) is 42.9 Å². The predicted octanol–water partition coefficient (Wildman–Crippen LogP) is 4.74. The van der Waals surface area contributed by atoms with E-state index in [2.05, 4.69) is 37.9 Å². The fraction of sp³-hybridized carbons (Fsp3) is 0.414. The van der Waals surface area contributed by atoms with E-state index in [0.29, 0.717) is 47.3 Å². The van der Waals surface area contributed by atoms with Gasteiger partial charge in [-0.25, -0.2) is 9.97 Å². The summed E-state index contributed by atoms with van der Waals surface area (Å²) in [6, 6.07) is 15.2. The maximum absolute atomic E-state index is 13.7. The highest BCUT2D eigenvalue weighted by Gasteiger charge is 2.39. The Bertz CT molecular complexity index is 1510. The molecule has 0 bridgehead atoms.